The summed E-state index contributed by atoms with van der Waals surface area (Å²) >= 11 is 0. The molecule has 0 fully saturated rings. The molecule has 8 heavy (non-hydrogen) atoms. The summed E-state index contributed by atoms with van der Waals surface area (Å²) in [5.74, 6) is 0.823. The van der Waals surface area contributed by atoms with Crippen molar-refractivity contribution < 1.29 is 9.94 Å². The SMILES string of the molecule is CC1=CC(CO)NO1. The zero-order valence-corrected chi connectivity index (χ0v) is 4.72. The first-order chi connectivity index (χ1) is 3.83. The van der Waals surface area contributed by atoms with E-state index in [1.165, 1.54) is 0 Å². The van der Waals surface area contributed by atoms with Crippen molar-refractivity contribution in [2.24, 2.45) is 0 Å². The number of allylic oxidation sites excluding steroid dienone is 1. The summed E-state index contributed by atoms with van der Waals surface area (Å²) in [5.41, 5.74) is 2.61. The van der Waals surface area contributed by atoms with E-state index in [1.54, 1.807) is 0 Å². The van der Waals surface area contributed by atoms with Crippen molar-refractivity contribution in [3.63, 3.8) is 0 Å². The van der Waals surface area contributed by atoms with Gasteiger partial charge in [-0.3, -0.25) is 0 Å². The van der Waals surface area contributed by atoms with E-state index in [0.717, 1.165) is 5.76 Å². The fourth-order valence-corrected chi connectivity index (χ4v) is 0.610. The molecule has 3 nitrogen and oxygen atoms in total. The van der Waals surface area contributed by atoms with Gasteiger partial charge in [0.2, 0.25) is 0 Å². The second-order valence-electron chi connectivity index (χ2n) is 1.79. The third kappa shape index (κ3) is 0.993. The molecular weight excluding hydrogens is 106 g/mol. The summed E-state index contributed by atoms with van der Waals surface area (Å²) in [7, 11) is 0. The van der Waals surface area contributed by atoms with Gasteiger partial charge in [-0.1, -0.05) is 0 Å². The molecule has 0 aliphatic carbocycles. The molecule has 1 aliphatic heterocycles. The van der Waals surface area contributed by atoms with Gasteiger partial charge >= 0.3 is 0 Å². The molecule has 1 heterocycles. The van der Waals surface area contributed by atoms with Crippen LogP contribution in [-0.2, 0) is 4.84 Å². The molecule has 0 radical (unpaired) electrons. The monoisotopic (exact) mass is 115 g/mol. The molecule has 2 N–H and O–H groups in total. The summed E-state index contributed by atoms with van der Waals surface area (Å²) in [6, 6.07) is -0.00463. The standard InChI is InChI=1S/C5H9NO2/c1-4-2-5(3-7)6-8-4/h2,5-7H,3H2,1H3. The van der Waals surface area contributed by atoms with Crippen molar-refractivity contribution in [2.45, 2.75) is 13.0 Å². The predicted molar refractivity (Wildman–Crippen MR) is 28.9 cm³/mol. The first-order valence-electron chi connectivity index (χ1n) is 2.54. The van der Waals surface area contributed by atoms with E-state index >= 15 is 0 Å². The zero-order chi connectivity index (χ0) is 5.98. The lowest BCUT2D eigenvalue weighted by Crippen LogP contribution is -2.24. The number of rotatable bonds is 1. The van der Waals surface area contributed by atoms with Crippen LogP contribution in [0.3, 0.4) is 0 Å². The maximum atomic E-state index is 8.50. The Labute approximate surface area is 47.9 Å². The van der Waals surface area contributed by atoms with Crippen molar-refractivity contribution in [2.75, 3.05) is 6.61 Å². The summed E-state index contributed by atoms with van der Waals surface area (Å²) in [4.78, 5) is 4.81. The van der Waals surface area contributed by atoms with Crippen molar-refractivity contribution in [3.8, 4) is 0 Å². The second kappa shape index (κ2) is 2.15. The van der Waals surface area contributed by atoms with Crippen molar-refractivity contribution in [3.05, 3.63) is 11.8 Å². The van der Waals surface area contributed by atoms with Crippen LogP contribution in [-0.4, -0.2) is 17.8 Å². The fourth-order valence-electron chi connectivity index (χ4n) is 0.610. The Morgan fingerprint density at radius 3 is 3.00 bits per heavy atom. The highest BCUT2D eigenvalue weighted by Gasteiger charge is 2.10. The number of nitrogens with one attached hydrogen (secondary N) is 1. The first kappa shape index (κ1) is 5.59. The van der Waals surface area contributed by atoms with Gasteiger partial charge in [-0.05, 0) is 13.0 Å². The van der Waals surface area contributed by atoms with Gasteiger partial charge < -0.3 is 9.94 Å². The van der Waals surface area contributed by atoms with Crippen LogP contribution in [0.5, 0.6) is 0 Å². The van der Waals surface area contributed by atoms with Crippen LogP contribution in [0.1, 0.15) is 6.92 Å². The van der Waals surface area contributed by atoms with Gasteiger partial charge in [-0.15, -0.1) is 5.48 Å². The number of hydrogen-bond acceptors (Lipinski definition) is 3. The van der Waals surface area contributed by atoms with Crippen molar-refractivity contribution in [1.29, 1.82) is 0 Å². The van der Waals surface area contributed by atoms with Crippen molar-refractivity contribution in [1.82, 2.24) is 5.48 Å². The topological polar surface area (TPSA) is 41.5 Å². The Morgan fingerprint density at radius 2 is 2.75 bits per heavy atom. The molecule has 0 saturated heterocycles. The van der Waals surface area contributed by atoms with Gasteiger partial charge in [0, 0.05) is 0 Å². The quantitative estimate of drug-likeness (QED) is 0.496. The van der Waals surface area contributed by atoms with Crippen LogP contribution in [0, 0.1) is 0 Å². The highest BCUT2D eigenvalue weighted by atomic mass is 16.7. The molecule has 46 valence electrons. The third-order valence-corrected chi connectivity index (χ3v) is 1.00. The molecule has 0 saturated carbocycles. The zero-order valence-electron chi connectivity index (χ0n) is 4.72. The summed E-state index contributed by atoms with van der Waals surface area (Å²) in [6.07, 6.45) is 1.83. The van der Waals surface area contributed by atoms with E-state index < -0.39 is 0 Å². The minimum atomic E-state index is -0.00463. The molecule has 1 unspecified atom stereocenters. The van der Waals surface area contributed by atoms with E-state index in [9.17, 15) is 0 Å². The molecule has 0 aromatic carbocycles. The lowest BCUT2D eigenvalue weighted by Gasteiger charge is -2.00. The molecule has 0 aromatic heterocycles. The van der Waals surface area contributed by atoms with Gasteiger partial charge in [0.15, 0.2) is 0 Å². The summed E-state index contributed by atoms with van der Waals surface area (Å²) in [5, 5.41) is 8.50. The minimum absolute atomic E-state index is 0.00463. The molecule has 3 heteroatoms. The number of aliphatic hydroxyl groups is 1. The van der Waals surface area contributed by atoms with E-state index in [4.69, 9.17) is 9.94 Å². The first-order valence-corrected chi connectivity index (χ1v) is 2.54. The van der Waals surface area contributed by atoms with Gasteiger partial charge in [0.25, 0.3) is 0 Å². The highest BCUT2D eigenvalue weighted by molar-refractivity contribution is 5.00. The smallest absolute Gasteiger partial charge is 0.119 e. The Kier molecular flexibility index (Phi) is 1.50. The molecule has 1 rings (SSSR count). The van der Waals surface area contributed by atoms with E-state index in [1.807, 2.05) is 13.0 Å². The predicted octanol–water partition coefficient (Wildman–Crippen LogP) is -0.214. The summed E-state index contributed by atoms with van der Waals surface area (Å²) in [6.45, 7) is 1.93. The van der Waals surface area contributed by atoms with Gasteiger partial charge in [-0.2, -0.15) is 0 Å². The number of hydroxylamine groups is 1. The third-order valence-electron chi connectivity index (χ3n) is 1.00. The molecule has 0 bridgehead atoms. The normalized spacial score (nSPS) is 27.2. The molecule has 0 spiro atoms. The van der Waals surface area contributed by atoms with Crippen LogP contribution in [0.25, 0.3) is 0 Å². The molecule has 0 aromatic rings. The molecule has 0 amide bonds. The maximum absolute atomic E-state index is 8.50. The average Bonchev–Trinajstić information content (AvgIpc) is 2.14. The van der Waals surface area contributed by atoms with Crippen LogP contribution in [0.4, 0.5) is 0 Å². The number of aliphatic hydroxyl groups excluding tert-OH is 1. The van der Waals surface area contributed by atoms with Crippen LogP contribution < -0.4 is 5.48 Å². The lowest BCUT2D eigenvalue weighted by atomic mass is 10.3. The van der Waals surface area contributed by atoms with Crippen molar-refractivity contribution >= 4 is 0 Å². The van der Waals surface area contributed by atoms with Crippen LogP contribution in [0.15, 0.2) is 11.8 Å². The van der Waals surface area contributed by atoms with E-state index in [0.29, 0.717) is 0 Å². The van der Waals surface area contributed by atoms with E-state index in [2.05, 4.69) is 5.48 Å². The largest absolute Gasteiger partial charge is 0.413 e. The van der Waals surface area contributed by atoms with Gasteiger partial charge in [0.05, 0.1) is 12.6 Å². The maximum Gasteiger partial charge on any atom is 0.119 e. The summed E-state index contributed by atoms with van der Waals surface area (Å²) < 4.78 is 0. The molecule has 1 aliphatic rings. The van der Waals surface area contributed by atoms with Gasteiger partial charge in [0.1, 0.15) is 5.76 Å². The Morgan fingerprint density at radius 1 is 2.00 bits per heavy atom. The second-order valence-corrected chi connectivity index (χ2v) is 1.79. The lowest BCUT2D eigenvalue weighted by molar-refractivity contribution is 0.0970. The Bertz CT molecular complexity index is 111. The van der Waals surface area contributed by atoms with E-state index in [-0.39, 0.29) is 12.6 Å². The van der Waals surface area contributed by atoms with Gasteiger partial charge in [-0.25, -0.2) is 0 Å². The molecular formula is C5H9NO2. The number of hydrogen-bond donors (Lipinski definition) is 2. The molecule has 1 atom stereocenters. The van der Waals surface area contributed by atoms with Crippen LogP contribution >= 0.6 is 0 Å². The Hall–Kier alpha value is -0.540. The minimum Gasteiger partial charge on any atom is -0.413 e. The highest BCUT2D eigenvalue weighted by Crippen LogP contribution is 2.03. The average molecular weight is 115 g/mol. The van der Waals surface area contributed by atoms with Crippen LogP contribution in [0.2, 0.25) is 0 Å². The Balaban J connectivity index is 2.41. The fraction of sp³-hybridized carbons (Fsp3) is 0.600.